The van der Waals surface area contributed by atoms with Crippen LogP contribution in [-0.2, 0) is 23.9 Å². The summed E-state index contributed by atoms with van der Waals surface area (Å²) in [6.07, 6.45) is 0. The van der Waals surface area contributed by atoms with Gasteiger partial charge in [0.25, 0.3) is 0 Å². The average molecular weight is 291 g/mol. The maximum Gasteiger partial charge on any atom is 0.325 e. The van der Waals surface area contributed by atoms with E-state index in [1.165, 1.54) is 6.92 Å². The first-order valence-electron chi connectivity index (χ1n) is 5.48. The van der Waals surface area contributed by atoms with E-state index >= 15 is 0 Å². The van der Waals surface area contributed by atoms with Gasteiger partial charge in [-0.15, -0.1) is 0 Å². The van der Waals surface area contributed by atoms with E-state index in [4.69, 9.17) is 5.11 Å². The number of esters is 1. The third kappa shape index (κ3) is 7.45. The van der Waals surface area contributed by atoms with Crippen LogP contribution in [0.25, 0.3) is 0 Å². The highest BCUT2D eigenvalue weighted by Crippen LogP contribution is 2.12. The van der Waals surface area contributed by atoms with E-state index in [-0.39, 0.29) is 10.9 Å². The number of thioether (sulfide) groups is 1. The molecule has 1 amide bonds. The largest absolute Gasteiger partial charge is 0.480 e. The molecule has 0 aromatic rings. The zero-order valence-electron chi connectivity index (χ0n) is 11.0. The van der Waals surface area contributed by atoms with Crippen molar-refractivity contribution in [2.45, 2.75) is 13.8 Å². The van der Waals surface area contributed by atoms with Crippen LogP contribution in [0.1, 0.15) is 13.8 Å². The molecular weight excluding hydrogens is 274 g/mol. The summed E-state index contributed by atoms with van der Waals surface area (Å²) in [5.74, 6) is -2.73. The van der Waals surface area contributed by atoms with Crippen LogP contribution in [0.2, 0.25) is 0 Å². The smallest absolute Gasteiger partial charge is 0.325 e. The van der Waals surface area contributed by atoms with Gasteiger partial charge in [0.05, 0.1) is 7.11 Å². The van der Waals surface area contributed by atoms with Crippen LogP contribution in [0.3, 0.4) is 0 Å². The van der Waals surface area contributed by atoms with Gasteiger partial charge in [-0.2, -0.15) is 0 Å². The molecule has 0 spiro atoms. The van der Waals surface area contributed by atoms with Crippen molar-refractivity contribution in [1.29, 1.82) is 0 Å². The summed E-state index contributed by atoms with van der Waals surface area (Å²) in [7, 11) is 1.15. The fourth-order valence-corrected chi connectivity index (χ4v) is 1.85. The molecular formula is C11H17NO6S. The number of hydrogen-bond acceptors (Lipinski definition) is 6. The summed E-state index contributed by atoms with van der Waals surface area (Å²) in [4.78, 5) is 45.5. The SMILES string of the molecule is COC(=O)CN(CC(=O)O)C(=O)C(C)CSC(C)=O. The summed E-state index contributed by atoms with van der Waals surface area (Å²) in [5, 5.41) is 8.59. The highest BCUT2D eigenvalue weighted by molar-refractivity contribution is 8.13. The maximum atomic E-state index is 12.0. The Morgan fingerprint density at radius 2 is 1.84 bits per heavy atom. The Labute approximate surface area is 115 Å². The average Bonchev–Trinajstić information content (AvgIpc) is 2.33. The van der Waals surface area contributed by atoms with Crippen LogP contribution < -0.4 is 0 Å². The van der Waals surface area contributed by atoms with Crippen molar-refractivity contribution in [1.82, 2.24) is 4.90 Å². The van der Waals surface area contributed by atoms with Crippen molar-refractivity contribution < 1.29 is 29.0 Å². The number of rotatable bonds is 7. The summed E-state index contributed by atoms with van der Waals surface area (Å²) in [6.45, 7) is 1.95. The molecule has 0 rings (SSSR count). The van der Waals surface area contributed by atoms with Gasteiger partial charge in [-0.1, -0.05) is 18.7 Å². The molecule has 0 saturated heterocycles. The van der Waals surface area contributed by atoms with Crippen LogP contribution in [-0.4, -0.2) is 58.9 Å². The Morgan fingerprint density at radius 3 is 2.26 bits per heavy atom. The fourth-order valence-electron chi connectivity index (χ4n) is 1.22. The summed E-state index contributed by atoms with van der Waals surface area (Å²) in [5.41, 5.74) is 0. The molecule has 0 saturated carbocycles. The molecule has 0 aromatic heterocycles. The Hall–Kier alpha value is -1.57. The van der Waals surface area contributed by atoms with Gasteiger partial charge in [0.1, 0.15) is 13.1 Å². The molecule has 0 aromatic carbocycles. The van der Waals surface area contributed by atoms with E-state index in [1.54, 1.807) is 6.92 Å². The van der Waals surface area contributed by atoms with Gasteiger partial charge in [-0.3, -0.25) is 19.2 Å². The van der Waals surface area contributed by atoms with Gasteiger partial charge in [-0.25, -0.2) is 0 Å². The molecule has 0 aliphatic heterocycles. The number of carbonyl (C=O) groups excluding carboxylic acids is 3. The first kappa shape index (κ1) is 17.4. The highest BCUT2D eigenvalue weighted by Gasteiger charge is 2.25. The van der Waals surface area contributed by atoms with Crippen molar-refractivity contribution in [3.05, 3.63) is 0 Å². The molecule has 0 heterocycles. The Balaban J connectivity index is 4.64. The first-order valence-corrected chi connectivity index (χ1v) is 6.47. The number of carboxylic acid groups (broad SMARTS) is 1. The van der Waals surface area contributed by atoms with E-state index in [0.29, 0.717) is 0 Å². The molecule has 0 aliphatic rings. The second kappa shape index (κ2) is 8.52. The number of ether oxygens (including phenoxy) is 1. The number of amides is 1. The minimum absolute atomic E-state index is 0.127. The number of nitrogens with zero attached hydrogens (tertiary/aromatic N) is 1. The first-order chi connectivity index (χ1) is 8.77. The molecule has 108 valence electrons. The number of aliphatic carboxylic acids is 1. The van der Waals surface area contributed by atoms with E-state index < -0.39 is 36.9 Å². The molecule has 0 radical (unpaired) electrons. The molecule has 0 bridgehead atoms. The zero-order valence-corrected chi connectivity index (χ0v) is 11.9. The van der Waals surface area contributed by atoms with Crippen LogP contribution in [0.5, 0.6) is 0 Å². The number of hydrogen-bond donors (Lipinski definition) is 1. The van der Waals surface area contributed by atoms with Crippen LogP contribution in [0.4, 0.5) is 0 Å². The van der Waals surface area contributed by atoms with Gasteiger partial charge in [0.15, 0.2) is 5.12 Å². The minimum atomic E-state index is -1.22. The van der Waals surface area contributed by atoms with Crippen molar-refractivity contribution in [2.24, 2.45) is 5.92 Å². The Morgan fingerprint density at radius 1 is 1.26 bits per heavy atom. The van der Waals surface area contributed by atoms with E-state index in [2.05, 4.69) is 4.74 Å². The molecule has 1 unspecified atom stereocenters. The number of carboxylic acids is 1. The monoisotopic (exact) mass is 291 g/mol. The molecule has 19 heavy (non-hydrogen) atoms. The topological polar surface area (TPSA) is 101 Å². The second-order valence-electron chi connectivity index (χ2n) is 3.87. The predicted molar refractivity (Wildman–Crippen MR) is 68.5 cm³/mol. The lowest BCUT2D eigenvalue weighted by molar-refractivity contribution is -0.152. The lowest BCUT2D eigenvalue weighted by atomic mass is 10.2. The molecule has 7 nitrogen and oxygen atoms in total. The lowest BCUT2D eigenvalue weighted by Crippen LogP contribution is -2.43. The van der Waals surface area contributed by atoms with Gasteiger partial charge in [0, 0.05) is 18.6 Å². The molecule has 8 heteroatoms. The van der Waals surface area contributed by atoms with Crippen molar-refractivity contribution >= 4 is 34.7 Å². The summed E-state index contributed by atoms with van der Waals surface area (Å²) < 4.78 is 4.41. The molecule has 0 aliphatic carbocycles. The van der Waals surface area contributed by atoms with Crippen LogP contribution in [0.15, 0.2) is 0 Å². The molecule has 0 fully saturated rings. The zero-order chi connectivity index (χ0) is 15.0. The van der Waals surface area contributed by atoms with Crippen LogP contribution in [0, 0.1) is 5.92 Å². The normalized spacial score (nSPS) is 11.5. The fraction of sp³-hybridized carbons (Fsp3) is 0.636. The number of methoxy groups -OCH3 is 1. The van der Waals surface area contributed by atoms with Gasteiger partial charge >= 0.3 is 11.9 Å². The van der Waals surface area contributed by atoms with E-state index in [1.807, 2.05) is 0 Å². The van der Waals surface area contributed by atoms with Gasteiger partial charge < -0.3 is 14.7 Å². The predicted octanol–water partition coefficient (Wildman–Crippen LogP) is -0.0116. The quantitative estimate of drug-likeness (QED) is 0.658. The Kier molecular flexibility index (Phi) is 7.81. The van der Waals surface area contributed by atoms with Gasteiger partial charge in [-0.05, 0) is 0 Å². The third-order valence-electron chi connectivity index (χ3n) is 2.14. The van der Waals surface area contributed by atoms with E-state index in [0.717, 1.165) is 23.8 Å². The standard InChI is InChI=1S/C11H17NO6S/c1-7(6-19-8(2)13)11(17)12(4-9(14)15)5-10(16)18-3/h7H,4-6H2,1-3H3,(H,14,15). The second-order valence-corrected chi connectivity index (χ2v) is 5.06. The highest BCUT2D eigenvalue weighted by atomic mass is 32.2. The van der Waals surface area contributed by atoms with E-state index in [9.17, 15) is 19.2 Å². The van der Waals surface area contributed by atoms with Gasteiger partial charge in [0.2, 0.25) is 5.91 Å². The van der Waals surface area contributed by atoms with Crippen molar-refractivity contribution in [2.75, 3.05) is 26.0 Å². The lowest BCUT2D eigenvalue weighted by Gasteiger charge is -2.22. The van der Waals surface area contributed by atoms with Crippen molar-refractivity contribution in [3.8, 4) is 0 Å². The maximum absolute atomic E-state index is 12.0. The third-order valence-corrected chi connectivity index (χ3v) is 3.22. The number of carbonyl (C=O) groups is 4. The summed E-state index contributed by atoms with van der Waals surface area (Å²) in [6, 6.07) is 0. The molecule has 1 N–H and O–H groups in total. The van der Waals surface area contributed by atoms with Crippen molar-refractivity contribution in [3.63, 3.8) is 0 Å². The molecule has 1 atom stereocenters. The van der Waals surface area contributed by atoms with Crippen LogP contribution >= 0.6 is 11.8 Å². The minimum Gasteiger partial charge on any atom is -0.480 e. The summed E-state index contributed by atoms with van der Waals surface area (Å²) >= 11 is 0.979. The Bertz CT molecular complexity index is 370.